The molecule has 0 radical (unpaired) electrons. The van der Waals surface area contributed by atoms with E-state index in [0.29, 0.717) is 17.9 Å². The van der Waals surface area contributed by atoms with E-state index in [1.54, 1.807) is 14.2 Å². The molecule has 4 rings (SSSR count). The largest absolute Gasteiger partial charge is 0.493 e. The quantitative estimate of drug-likeness (QED) is 0.644. The van der Waals surface area contributed by atoms with Crippen LogP contribution in [0.15, 0.2) is 48.5 Å². The minimum atomic E-state index is -0.148. The zero-order chi connectivity index (χ0) is 18.8. The summed E-state index contributed by atoms with van der Waals surface area (Å²) in [5.74, 6) is 1.54. The summed E-state index contributed by atoms with van der Waals surface area (Å²) < 4.78 is 10.8. The molecule has 27 heavy (non-hydrogen) atoms. The molecular weight excluding hydrogens is 344 g/mol. The van der Waals surface area contributed by atoms with Crippen LogP contribution in [0.5, 0.6) is 11.5 Å². The summed E-state index contributed by atoms with van der Waals surface area (Å²) in [6.07, 6.45) is 0.245. The highest BCUT2D eigenvalue weighted by Gasteiger charge is 2.46. The second-order valence-electron chi connectivity index (χ2n) is 6.82. The average Bonchev–Trinajstić information content (AvgIpc) is 3.10. The van der Waals surface area contributed by atoms with Crippen LogP contribution in [0, 0.1) is 5.92 Å². The number of methoxy groups -OCH3 is 2. The maximum absolute atomic E-state index is 12.3. The number of anilines is 1. The first-order chi connectivity index (χ1) is 13.2. The lowest BCUT2D eigenvalue weighted by molar-refractivity contribution is -0.125. The fourth-order valence-corrected chi connectivity index (χ4v) is 4.00. The Bertz CT molecular complexity index is 814. The minimum Gasteiger partial charge on any atom is -0.493 e. The van der Waals surface area contributed by atoms with E-state index in [1.165, 1.54) is 0 Å². The van der Waals surface area contributed by atoms with E-state index < -0.39 is 0 Å². The number of para-hydroxylation sites is 1. The lowest BCUT2D eigenvalue weighted by atomic mass is 9.78. The lowest BCUT2D eigenvalue weighted by Crippen LogP contribution is -2.53. The number of carbonyl (C=O) groups excluding carboxylic acids is 1. The third-order valence-electron chi connectivity index (χ3n) is 5.28. The minimum absolute atomic E-state index is 0.0314. The molecule has 2 aliphatic rings. The number of benzene rings is 2. The number of piperidine rings is 1. The molecule has 2 aliphatic heterocycles. The van der Waals surface area contributed by atoms with Crippen molar-refractivity contribution < 1.29 is 14.3 Å². The van der Waals surface area contributed by atoms with E-state index in [9.17, 15) is 4.79 Å². The predicted octanol–water partition coefficient (Wildman–Crippen LogP) is 1.80. The van der Waals surface area contributed by atoms with Gasteiger partial charge in [-0.2, -0.15) is 0 Å². The van der Waals surface area contributed by atoms with Crippen LogP contribution in [0.3, 0.4) is 0 Å². The van der Waals surface area contributed by atoms with Gasteiger partial charge in [0.1, 0.15) is 0 Å². The van der Waals surface area contributed by atoms with Crippen molar-refractivity contribution in [1.82, 2.24) is 16.2 Å². The molecule has 0 bridgehead atoms. The maximum atomic E-state index is 12.3. The van der Waals surface area contributed by atoms with Crippen molar-refractivity contribution in [3.05, 3.63) is 54.1 Å². The number of amides is 1. The van der Waals surface area contributed by atoms with E-state index in [4.69, 9.17) is 9.47 Å². The van der Waals surface area contributed by atoms with E-state index in [2.05, 4.69) is 21.5 Å². The van der Waals surface area contributed by atoms with Crippen molar-refractivity contribution in [3.8, 4) is 11.5 Å². The summed E-state index contributed by atoms with van der Waals surface area (Å²) in [5, 5.41) is 6.56. The first kappa shape index (κ1) is 17.6. The van der Waals surface area contributed by atoms with Gasteiger partial charge in [0.15, 0.2) is 11.5 Å². The number of nitrogens with one attached hydrogen (secondary N) is 4. The Kier molecular flexibility index (Phi) is 4.87. The highest BCUT2D eigenvalue weighted by Crippen LogP contribution is 2.40. The van der Waals surface area contributed by atoms with Gasteiger partial charge in [-0.25, -0.2) is 10.9 Å². The van der Waals surface area contributed by atoms with Crippen LogP contribution >= 0.6 is 0 Å². The number of hydrazine groups is 1. The van der Waals surface area contributed by atoms with Gasteiger partial charge in [-0.3, -0.25) is 4.79 Å². The monoisotopic (exact) mass is 368 g/mol. The van der Waals surface area contributed by atoms with Crippen LogP contribution in [-0.2, 0) is 4.79 Å². The number of ether oxygens (including phenoxy) is 2. The highest BCUT2D eigenvalue weighted by atomic mass is 16.5. The van der Waals surface area contributed by atoms with Crippen LogP contribution in [-0.4, -0.2) is 32.5 Å². The summed E-state index contributed by atoms with van der Waals surface area (Å²) in [7, 11) is 3.24. The van der Waals surface area contributed by atoms with E-state index in [1.807, 2.05) is 48.5 Å². The second-order valence-corrected chi connectivity index (χ2v) is 6.82. The van der Waals surface area contributed by atoms with Crippen LogP contribution < -0.4 is 31.0 Å². The van der Waals surface area contributed by atoms with E-state index in [0.717, 1.165) is 11.3 Å². The molecule has 0 aromatic heterocycles. The molecule has 2 saturated heterocycles. The normalized spacial score (nSPS) is 26.8. The molecule has 0 saturated carbocycles. The Balaban J connectivity index is 1.64. The van der Waals surface area contributed by atoms with Crippen molar-refractivity contribution in [3.63, 3.8) is 0 Å². The molecule has 4 N–H and O–H groups in total. The Morgan fingerprint density at radius 3 is 2.52 bits per heavy atom. The molecule has 142 valence electrons. The van der Waals surface area contributed by atoms with Crippen LogP contribution in [0.1, 0.15) is 17.9 Å². The second kappa shape index (κ2) is 7.46. The number of carbonyl (C=O) groups is 1. The molecule has 7 heteroatoms. The Hall–Kier alpha value is -2.77. The topological polar surface area (TPSA) is 83.7 Å². The Morgan fingerprint density at radius 2 is 1.78 bits per heavy atom. The standard InChI is InChI=1S/C20H24N4O3/c1-26-15-9-8-12(10-16(15)27-2)14-11-17(25)22-20-18(14)19(23-24-20)21-13-6-4-3-5-7-13/h3-10,14,18-21,23-24H,11H2,1-2H3,(H,22,25). The number of hydrogen-bond acceptors (Lipinski definition) is 6. The Labute approximate surface area is 158 Å². The van der Waals surface area contributed by atoms with Crippen molar-refractivity contribution in [2.24, 2.45) is 5.92 Å². The first-order valence-corrected chi connectivity index (χ1v) is 9.03. The van der Waals surface area contributed by atoms with Crippen molar-refractivity contribution in [2.75, 3.05) is 19.5 Å². The zero-order valence-corrected chi connectivity index (χ0v) is 15.4. The van der Waals surface area contributed by atoms with Gasteiger partial charge in [0.2, 0.25) is 5.91 Å². The van der Waals surface area contributed by atoms with Crippen LogP contribution in [0.25, 0.3) is 0 Å². The summed E-state index contributed by atoms with van der Waals surface area (Å²) in [5.41, 5.74) is 8.58. The summed E-state index contributed by atoms with van der Waals surface area (Å²) in [6.45, 7) is 0. The Morgan fingerprint density at radius 1 is 1.00 bits per heavy atom. The molecule has 2 fully saturated rings. The average molecular weight is 368 g/mol. The summed E-state index contributed by atoms with van der Waals surface area (Å²) in [6, 6.07) is 15.9. The summed E-state index contributed by atoms with van der Waals surface area (Å²) >= 11 is 0. The van der Waals surface area contributed by atoms with Gasteiger partial charge in [-0.1, -0.05) is 24.3 Å². The van der Waals surface area contributed by atoms with E-state index >= 15 is 0 Å². The number of hydrogen-bond donors (Lipinski definition) is 4. The number of rotatable bonds is 5. The molecule has 7 nitrogen and oxygen atoms in total. The number of fused-ring (bicyclic) bond motifs is 1. The molecule has 0 spiro atoms. The lowest BCUT2D eigenvalue weighted by Gasteiger charge is -2.36. The van der Waals surface area contributed by atoms with E-state index in [-0.39, 0.29) is 30.1 Å². The SMILES string of the molecule is COc1ccc(C2CC(=O)NC3NNC(Nc4ccccc4)C32)cc1OC. The first-order valence-electron chi connectivity index (χ1n) is 9.03. The highest BCUT2D eigenvalue weighted by molar-refractivity contribution is 5.78. The van der Waals surface area contributed by atoms with Crippen molar-refractivity contribution in [1.29, 1.82) is 0 Å². The molecule has 1 amide bonds. The molecule has 2 aromatic carbocycles. The fourth-order valence-electron chi connectivity index (χ4n) is 4.00. The third kappa shape index (κ3) is 3.43. The van der Waals surface area contributed by atoms with Gasteiger partial charge in [0, 0.05) is 23.9 Å². The van der Waals surface area contributed by atoms with Crippen molar-refractivity contribution in [2.45, 2.75) is 24.7 Å². The molecule has 2 aromatic rings. The van der Waals surface area contributed by atoms with Gasteiger partial charge in [-0.15, -0.1) is 0 Å². The summed E-state index contributed by atoms with van der Waals surface area (Å²) in [4.78, 5) is 12.3. The molecule has 2 heterocycles. The van der Waals surface area contributed by atoms with Gasteiger partial charge in [0.05, 0.1) is 26.6 Å². The van der Waals surface area contributed by atoms with Gasteiger partial charge >= 0.3 is 0 Å². The fraction of sp³-hybridized carbons (Fsp3) is 0.350. The van der Waals surface area contributed by atoms with Gasteiger partial charge in [-0.05, 0) is 29.8 Å². The van der Waals surface area contributed by atoms with Crippen molar-refractivity contribution >= 4 is 11.6 Å². The molecule has 0 aliphatic carbocycles. The zero-order valence-electron chi connectivity index (χ0n) is 15.4. The molecular formula is C20H24N4O3. The predicted molar refractivity (Wildman–Crippen MR) is 102 cm³/mol. The van der Waals surface area contributed by atoms with Crippen LogP contribution in [0.2, 0.25) is 0 Å². The molecule has 4 atom stereocenters. The molecule has 4 unspecified atom stereocenters. The third-order valence-corrected chi connectivity index (χ3v) is 5.28. The van der Waals surface area contributed by atoms with Gasteiger partial charge in [0.25, 0.3) is 0 Å². The van der Waals surface area contributed by atoms with Crippen LogP contribution in [0.4, 0.5) is 5.69 Å². The van der Waals surface area contributed by atoms with Gasteiger partial charge < -0.3 is 20.1 Å². The smallest absolute Gasteiger partial charge is 0.221 e. The maximum Gasteiger partial charge on any atom is 0.221 e.